The second-order valence-corrected chi connectivity index (χ2v) is 15.6. The number of hydrogen-bond donors (Lipinski definition) is 0. The van der Waals surface area contributed by atoms with Crippen molar-refractivity contribution in [3.63, 3.8) is 0 Å². The van der Waals surface area contributed by atoms with Gasteiger partial charge in [-0.25, -0.2) is 21.8 Å². The van der Waals surface area contributed by atoms with Crippen LogP contribution in [-0.4, -0.2) is 69.8 Å². The van der Waals surface area contributed by atoms with Gasteiger partial charge in [-0.1, -0.05) is 31.4 Å². The van der Waals surface area contributed by atoms with Crippen molar-refractivity contribution in [3.05, 3.63) is 41.4 Å². The molecule has 2 heterocycles. The minimum absolute atomic E-state index is 0.0277. The fourth-order valence-electron chi connectivity index (χ4n) is 5.81. The predicted octanol–water partition coefficient (Wildman–Crippen LogP) is 5.62. The molecule has 0 spiro atoms. The summed E-state index contributed by atoms with van der Waals surface area (Å²) >= 11 is 1.67. The Balaban J connectivity index is 1.44. The Labute approximate surface area is 247 Å². The average molecular weight is 622 g/mol. The highest BCUT2D eigenvalue weighted by atomic mass is 32.2. The van der Waals surface area contributed by atoms with Gasteiger partial charge in [0, 0.05) is 44.2 Å². The fraction of sp³-hybridized carbons (Fsp3) is 0.552. The van der Waals surface area contributed by atoms with Gasteiger partial charge in [-0.2, -0.15) is 8.61 Å². The number of nitrogens with zero attached hydrogens (tertiary/aromatic N) is 3. The zero-order valence-electron chi connectivity index (χ0n) is 23.9. The molecule has 41 heavy (non-hydrogen) atoms. The summed E-state index contributed by atoms with van der Waals surface area (Å²) in [6.45, 7) is 4.55. The topological polar surface area (TPSA) is 106 Å². The summed E-state index contributed by atoms with van der Waals surface area (Å²) in [5.41, 5.74) is 0.969. The molecule has 1 aliphatic heterocycles. The molecule has 2 fully saturated rings. The van der Waals surface area contributed by atoms with Crippen LogP contribution < -0.4 is 9.47 Å². The van der Waals surface area contributed by atoms with Crippen molar-refractivity contribution in [2.45, 2.75) is 80.5 Å². The summed E-state index contributed by atoms with van der Waals surface area (Å²) < 4.78 is 71.1. The number of rotatable bonds is 10. The van der Waals surface area contributed by atoms with Crippen LogP contribution in [0.5, 0.6) is 11.5 Å². The first kappa shape index (κ1) is 30.2. The predicted molar refractivity (Wildman–Crippen MR) is 161 cm³/mol. The summed E-state index contributed by atoms with van der Waals surface area (Å²) in [7, 11) is -6.34. The zero-order chi connectivity index (χ0) is 29.2. The maximum absolute atomic E-state index is 14.0. The van der Waals surface area contributed by atoms with Gasteiger partial charge in [0.15, 0.2) is 0 Å². The Morgan fingerprint density at radius 1 is 0.902 bits per heavy atom. The molecule has 0 amide bonds. The van der Waals surface area contributed by atoms with Crippen molar-refractivity contribution in [3.8, 4) is 11.5 Å². The normalized spacial score (nSPS) is 18.2. The number of aromatic nitrogens is 1. The van der Waals surface area contributed by atoms with Gasteiger partial charge in [0.25, 0.3) is 0 Å². The highest BCUT2D eigenvalue weighted by Gasteiger charge is 2.37. The molecule has 0 unspecified atom stereocenters. The largest absolute Gasteiger partial charge is 0.492 e. The van der Waals surface area contributed by atoms with E-state index in [9.17, 15) is 16.8 Å². The first-order chi connectivity index (χ1) is 19.7. The van der Waals surface area contributed by atoms with Crippen molar-refractivity contribution in [2.75, 3.05) is 33.4 Å². The minimum Gasteiger partial charge on any atom is -0.492 e. The lowest BCUT2D eigenvalue weighted by Gasteiger charge is -2.32. The van der Waals surface area contributed by atoms with Crippen molar-refractivity contribution in [1.82, 2.24) is 13.6 Å². The van der Waals surface area contributed by atoms with E-state index in [0.29, 0.717) is 25.9 Å². The third kappa shape index (κ3) is 6.13. The first-order valence-corrected chi connectivity index (χ1v) is 18.1. The Bertz CT molecular complexity index is 1540. The van der Waals surface area contributed by atoms with Crippen LogP contribution in [0.2, 0.25) is 0 Å². The van der Waals surface area contributed by atoms with E-state index in [2.05, 4.69) is 6.07 Å². The number of fused-ring (bicyclic) bond motifs is 1. The Kier molecular flexibility index (Phi) is 9.25. The van der Waals surface area contributed by atoms with Gasteiger partial charge in [-0.15, -0.1) is 11.3 Å². The molecule has 0 N–H and O–H groups in total. The monoisotopic (exact) mass is 621 g/mol. The maximum Gasteiger partial charge on any atom is 0.246 e. The molecule has 0 atom stereocenters. The maximum atomic E-state index is 14.0. The van der Waals surface area contributed by atoms with Crippen LogP contribution in [-0.2, 0) is 20.0 Å². The van der Waals surface area contributed by atoms with Crippen LogP contribution in [0, 0.1) is 0 Å². The molecule has 2 aromatic carbocycles. The molecule has 1 saturated heterocycles. The number of benzene rings is 2. The molecular weight excluding hydrogens is 583 g/mol. The summed E-state index contributed by atoms with van der Waals surface area (Å²) in [6.07, 6.45) is 5.99. The molecule has 12 heteroatoms. The lowest BCUT2D eigenvalue weighted by molar-refractivity contribution is 0.281. The van der Waals surface area contributed by atoms with Gasteiger partial charge < -0.3 is 9.47 Å². The van der Waals surface area contributed by atoms with Crippen molar-refractivity contribution in [2.24, 2.45) is 0 Å². The molecule has 1 saturated carbocycles. The summed E-state index contributed by atoms with van der Waals surface area (Å²) in [5, 5.41) is 1.04. The number of piperidine rings is 1. The van der Waals surface area contributed by atoms with E-state index in [1.165, 1.54) is 20.7 Å². The van der Waals surface area contributed by atoms with Crippen molar-refractivity contribution < 1.29 is 26.3 Å². The van der Waals surface area contributed by atoms with Crippen LogP contribution in [0.3, 0.4) is 0 Å². The summed E-state index contributed by atoms with van der Waals surface area (Å²) in [4.78, 5) is 4.65. The minimum atomic E-state index is -3.99. The molecule has 2 aliphatic rings. The number of sulfonamides is 2. The van der Waals surface area contributed by atoms with E-state index in [1.807, 2.05) is 18.2 Å². The number of thiazole rings is 1. The van der Waals surface area contributed by atoms with Crippen molar-refractivity contribution in [1.29, 1.82) is 0 Å². The molecule has 224 valence electrons. The van der Waals surface area contributed by atoms with Gasteiger partial charge in [0.05, 0.1) is 28.4 Å². The van der Waals surface area contributed by atoms with Crippen LogP contribution in [0.25, 0.3) is 10.2 Å². The van der Waals surface area contributed by atoms with Crippen LogP contribution in [0.4, 0.5) is 0 Å². The lowest BCUT2D eigenvalue weighted by Crippen LogP contribution is -2.39. The van der Waals surface area contributed by atoms with Crippen LogP contribution in [0.1, 0.15) is 69.7 Å². The van der Waals surface area contributed by atoms with Crippen molar-refractivity contribution >= 4 is 41.6 Å². The average Bonchev–Trinajstić information content (AvgIpc) is 3.42. The Hall–Kier alpha value is -2.25. The molecule has 1 aromatic heterocycles. The number of para-hydroxylation sites is 1. The Morgan fingerprint density at radius 3 is 2.15 bits per heavy atom. The lowest BCUT2D eigenvalue weighted by atomic mass is 9.96. The van der Waals surface area contributed by atoms with E-state index in [0.717, 1.165) is 47.3 Å². The zero-order valence-corrected chi connectivity index (χ0v) is 26.4. The van der Waals surface area contributed by atoms with E-state index in [1.54, 1.807) is 32.2 Å². The molecule has 9 nitrogen and oxygen atoms in total. The van der Waals surface area contributed by atoms with Crippen LogP contribution >= 0.6 is 11.3 Å². The van der Waals surface area contributed by atoms with E-state index in [4.69, 9.17) is 14.5 Å². The van der Waals surface area contributed by atoms with E-state index >= 15 is 0 Å². The SMILES string of the molecule is CCOc1cc(S(=O)(=O)N(C)C2CCCCC2)c(OCC)cc1S(=O)(=O)N1CCC(c2nc3ccccc3s2)CC1. The standard InChI is InChI=1S/C29H39N3O6S3/c1-4-37-24-20-28(25(38-5-2)19-27(24)40(33,34)31(3)22-11-7-6-8-12-22)41(35,36)32-17-15-21(16-18-32)29-30-23-13-9-10-14-26(23)39-29/h9-10,13-14,19-22H,4-8,11-12,15-18H2,1-3H3. The quantitative estimate of drug-likeness (QED) is 0.290. The molecular formula is C29H39N3O6S3. The summed E-state index contributed by atoms with van der Waals surface area (Å²) in [6, 6.07) is 10.6. The molecule has 3 aromatic rings. The highest BCUT2D eigenvalue weighted by Crippen LogP contribution is 2.41. The highest BCUT2D eigenvalue weighted by molar-refractivity contribution is 7.89. The van der Waals surface area contributed by atoms with Gasteiger partial charge in [-0.05, 0) is 51.7 Å². The van der Waals surface area contributed by atoms with E-state index in [-0.39, 0.29) is 46.5 Å². The second-order valence-electron chi connectivity index (χ2n) is 10.6. The summed E-state index contributed by atoms with van der Waals surface area (Å²) in [5.74, 6) is 0.244. The second kappa shape index (κ2) is 12.5. The first-order valence-electron chi connectivity index (χ1n) is 14.4. The Morgan fingerprint density at radius 2 is 1.51 bits per heavy atom. The van der Waals surface area contributed by atoms with Gasteiger partial charge in [0.1, 0.15) is 21.3 Å². The van der Waals surface area contributed by atoms with Crippen LogP contribution in [0.15, 0.2) is 46.2 Å². The van der Waals surface area contributed by atoms with E-state index < -0.39 is 20.0 Å². The van der Waals surface area contributed by atoms with Gasteiger partial charge >= 0.3 is 0 Å². The van der Waals surface area contributed by atoms with Gasteiger partial charge in [0.2, 0.25) is 20.0 Å². The third-order valence-electron chi connectivity index (χ3n) is 8.09. The molecule has 0 radical (unpaired) electrons. The fourth-order valence-corrected chi connectivity index (χ4v) is 10.1. The molecule has 0 bridgehead atoms. The third-order valence-corrected chi connectivity index (χ3v) is 13.1. The number of hydrogen-bond acceptors (Lipinski definition) is 8. The number of ether oxygens (including phenoxy) is 2. The smallest absolute Gasteiger partial charge is 0.246 e. The molecule has 5 rings (SSSR count). The van der Waals surface area contributed by atoms with Gasteiger partial charge in [-0.3, -0.25) is 0 Å². The molecule has 1 aliphatic carbocycles.